The largest absolute Gasteiger partial charge is 0.350 e. The molecule has 3 aromatic rings. The topological polar surface area (TPSA) is 80.9 Å². The Morgan fingerprint density at radius 2 is 2.04 bits per heavy atom. The number of benzene rings is 1. The molecule has 0 fully saturated rings. The molecule has 0 aliphatic heterocycles. The van der Waals surface area contributed by atoms with E-state index in [0.717, 1.165) is 17.5 Å². The number of rotatable bonds is 7. The highest BCUT2D eigenvalue weighted by molar-refractivity contribution is 5.76. The summed E-state index contributed by atoms with van der Waals surface area (Å²) >= 11 is 0. The molecule has 1 aromatic carbocycles. The van der Waals surface area contributed by atoms with Crippen LogP contribution in [0.1, 0.15) is 43.3 Å². The molecule has 0 radical (unpaired) electrons. The van der Waals surface area contributed by atoms with E-state index < -0.39 is 0 Å². The van der Waals surface area contributed by atoms with Crippen LogP contribution >= 0.6 is 0 Å². The Labute approximate surface area is 152 Å². The lowest BCUT2D eigenvalue weighted by molar-refractivity contribution is -0.121. The van der Waals surface area contributed by atoms with E-state index in [1.54, 1.807) is 12.4 Å². The van der Waals surface area contributed by atoms with Gasteiger partial charge in [-0.3, -0.25) is 9.78 Å². The van der Waals surface area contributed by atoms with Crippen LogP contribution in [0.4, 0.5) is 0 Å². The molecule has 2 heterocycles. The summed E-state index contributed by atoms with van der Waals surface area (Å²) in [7, 11) is 0. The van der Waals surface area contributed by atoms with Gasteiger partial charge in [0.15, 0.2) is 0 Å². The van der Waals surface area contributed by atoms with E-state index in [9.17, 15) is 4.79 Å². The SMILES string of the molecule is CCc1ccc(-c2noc(CCC(=O)N[C@H](C)c3cccnc3)n2)cc1. The maximum absolute atomic E-state index is 12.1. The van der Waals surface area contributed by atoms with E-state index in [1.165, 1.54) is 5.56 Å². The molecule has 0 spiro atoms. The Morgan fingerprint density at radius 1 is 1.23 bits per heavy atom. The molecule has 6 heteroatoms. The van der Waals surface area contributed by atoms with Gasteiger partial charge in [0, 0.05) is 30.8 Å². The summed E-state index contributed by atoms with van der Waals surface area (Å²) in [6.07, 6.45) is 5.15. The van der Waals surface area contributed by atoms with E-state index in [2.05, 4.69) is 39.5 Å². The van der Waals surface area contributed by atoms with Crippen molar-refractivity contribution >= 4 is 5.91 Å². The summed E-state index contributed by atoms with van der Waals surface area (Å²) in [5.41, 5.74) is 3.14. The summed E-state index contributed by atoms with van der Waals surface area (Å²) in [5.74, 6) is 0.948. The van der Waals surface area contributed by atoms with Crippen LogP contribution in [0.2, 0.25) is 0 Å². The predicted octanol–water partition coefficient (Wildman–Crippen LogP) is 3.50. The molecule has 0 unspecified atom stereocenters. The molecule has 0 aliphatic carbocycles. The first-order chi connectivity index (χ1) is 12.7. The Kier molecular flexibility index (Phi) is 5.73. The first-order valence-corrected chi connectivity index (χ1v) is 8.77. The highest BCUT2D eigenvalue weighted by Gasteiger charge is 2.13. The molecule has 2 aromatic heterocycles. The monoisotopic (exact) mass is 350 g/mol. The van der Waals surface area contributed by atoms with E-state index in [-0.39, 0.29) is 11.9 Å². The Balaban J connectivity index is 1.53. The predicted molar refractivity (Wildman–Crippen MR) is 98.2 cm³/mol. The van der Waals surface area contributed by atoms with Crippen molar-refractivity contribution in [1.29, 1.82) is 0 Å². The third-order valence-corrected chi connectivity index (χ3v) is 4.22. The van der Waals surface area contributed by atoms with Gasteiger partial charge in [0.2, 0.25) is 17.6 Å². The van der Waals surface area contributed by atoms with Crippen LogP contribution < -0.4 is 5.32 Å². The van der Waals surface area contributed by atoms with Crippen molar-refractivity contribution < 1.29 is 9.32 Å². The fourth-order valence-electron chi connectivity index (χ4n) is 2.61. The van der Waals surface area contributed by atoms with Gasteiger partial charge < -0.3 is 9.84 Å². The fourth-order valence-corrected chi connectivity index (χ4v) is 2.61. The smallest absolute Gasteiger partial charge is 0.227 e. The van der Waals surface area contributed by atoms with Gasteiger partial charge >= 0.3 is 0 Å². The number of nitrogens with one attached hydrogen (secondary N) is 1. The van der Waals surface area contributed by atoms with Crippen molar-refractivity contribution in [3.05, 3.63) is 65.8 Å². The van der Waals surface area contributed by atoms with Crippen molar-refractivity contribution in [2.45, 2.75) is 39.2 Å². The van der Waals surface area contributed by atoms with Gasteiger partial charge in [-0.05, 0) is 30.5 Å². The Morgan fingerprint density at radius 3 is 2.73 bits per heavy atom. The second-order valence-electron chi connectivity index (χ2n) is 6.14. The van der Waals surface area contributed by atoms with Crippen LogP contribution in [0.3, 0.4) is 0 Å². The molecular weight excluding hydrogens is 328 g/mol. The zero-order chi connectivity index (χ0) is 18.4. The number of aryl methyl sites for hydroxylation is 2. The van der Waals surface area contributed by atoms with Gasteiger partial charge in [0.1, 0.15) is 0 Å². The maximum atomic E-state index is 12.1. The average molecular weight is 350 g/mol. The van der Waals surface area contributed by atoms with Crippen molar-refractivity contribution in [3.63, 3.8) is 0 Å². The minimum atomic E-state index is -0.0912. The van der Waals surface area contributed by atoms with Gasteiger partial charge in [0.05, 0.1) is 6.04 Å². The molecule has 26 heavy (non-hydrogen) atoms. The Bertz CT molecular complexity index is 844. The van der Waals surface area contributed by atoms with E-state index in [1.807, 2.05) is 31.2 Å². The minimum Gasteiger partial charge on any atom is -0.350 e. The van der Waals surface area contributed by atoms with E-state index in [4.69, 9.17) is 4.52 Å². The normalized spacial score (nSPS) is 11.9. The highest BCUT2D eigenvalue weighted by atomic mass is 16.5. The molecule has 1 amide bonds. The zero-order valence-electron chi connectivity index (χ0n) is 15.0. The molecule has 134 valence electrons. The summed E-state index contributed by atoms with van der Waals surface area (Å²) in [4.78, 5) is 20.6. The van der Waals surface area contributed by atoms with Crippen LogP contribution in [-0.2, 0) is 17.6 Å². The number of carbonyl (C=O) groups is 1. The summed E-state index contributed by atoms with van der Waals surface area (Å²) < 4.78 is 5.26. The summed E-state index contributed by atoms with van der Waals surface area (Å²) in [6.45, 7) is 4.04. The standard InChI is InChI=1S/C20H22N4O2/c1-3-15-6-8-16(9-7-15)20-23-19(26-24-20)11-10-18(25)22-14(2)17-5-4-12-21-13-17/h4-9,12-14H,3,10-11H2,1-2H3,(H,22,25)/t14-/m1/s1. The number of pyridine rings is 1. The first-order valence-electron chi connectivity index (χ1n) is 8.77. The van der Waals surface area contributed by atoms with Crippen LogP contribution in [-0.4, -0.2) is 21.0 Å². The molecule has 1 N–H and O–H groups in total. The highest BCUT2D eigenvalue weighted by Crippen LogP contribution is 2.17. The quantitative estimate of drug-likeness (QED) is 0.705. The fraction of sp³-hybridized carbons (Fsp3) is 0.300. The van der Waals surface area contributed by atoms with Gasteiger partial charge in [-0.25, -0.2) is 0 Å². The van der Waals surface area contributed by atoms with Gasteiger partial charge in [-0.15, -0.1) is 0 Å². The summed E-state index contributed by atoms with van der Waals surface area (Å²) in [6, 6.07) is 11.8. The second-order valence-corrected chi connectivity index (χ2v) is 6.14. The number of nitrogens with zero attached hydrogens (tertiary/aromatic N) is 3. The molecule has 0 saturated carbocycles. The van der Waals surface area contributed by atoms with Crippen LogP contribution in [0.25, 0.3) is 11.4 Å². The number of hydrogen-bond acceptors (Lipinski definition) is 5. The van der Waals surface area contributed by atoms with Crippen LogP contribution in [0.15, 0.2) is 53.3 Å². The van der Waals surface area contributed by atoms with Crippen molar-refractivity contribution in [2.75, 3.05) is 0 Å². The van der Waals surface area contributed by atoms with E-state index >= 15 is 0 Å². The molecule has 0 bridgehead atoms. The maximum Gasteiger partial charge on any atom is 0.227 e. The summed E-state index contributed by atoms with van der Waals surface area (Å²) in [5, 5.41) is 6.95. The first kappa shape index (κ1) is 17.8. The molecule has 1 atom stereocenters. The lowest BCUT2D eigenvalue weighted by Crippen LogP contribution is -2.26. The average Bonchev–Trinajstić information content (AvgIpc) is 3.16. The zero-order valence-corrected chi connectivity index (χ0v) is 15.0. The van der Waals surface area contributed by atoms with Gasteiger partial charge in [-0.2, -0.15) is 4.98 Å². The molecular formula is C20H22N4O2. The second kappa shape index (κ2) is 8.38. The molecule has 0 aliphatic rings. The van der Waals surface area contributed by atoms with Crippen molar-refractivity contribution in [1.82, 2.24) is 20.4 Å². The molecule has 6 nitrogen and oxygen atoms in total. The minimum absolute atomic E-state index is 0.0617. The Hall–Kier alpha value is -3.02. The van der Waals surface area contributed by atoms with Crippen molar-refractivity contribution in [3.8, 4) is 11.4 Å². The van der Waals surface area contributed by atoms with Gasteiger partial charge in [-0.1, -0.05) is 42.4 Å². The van der Waals surface area contributed by atoms with E-state index in [0.29, 0.717) is 24.6 Å². The molecule has 3 rings (SSSR count). The lowest BCUT2D eigenvalue weighted by Gasteiger charge is -2.13. The third-order valence-electron chi connectivity index (χ3n) is 4.22. The van der Waals surface area contributed by atoms with Crippen LogP contribution in [0, 0.1) is 0 Å². The lowest BCUT2D eigenvalue weighted by atomic mass is 10.1. The number of hydrogen-bond donors (Lipinski definition) is 1. The number of aromatic nitrogens is 3. The van der Waals surface area contributed by atoms with Crippen LogP contribution in [0.5, 0.6) is 0 Å². The number of carbonyl (C=O) groups excluding carboxylic acids is 1. The third kappa shape index (κ3) is 4.53. The molecule has 0 saturated heterocycles. The van der Waals surface area contributed by atoms with Gasteiger partial charge in [0.25, 0.3) is 0 Å². The number of amides is 1. The van der Waals surface area contributed by atoms with Crippen molar-refractivity contribution in [2.24, 2.45) is 0 Å².